The summed E-state index contributed by atoms with van der Waals surface area (Å²) in [6.45, 7) is 0.0306. The third-order valence-electron chi connectivity index (χ3n) is 3.71. The van der Waals surface area contributed by atoms with E-state index in [0.29, 0.717) is 22.9 Å². The van der Waals surface area contributed by atoms with Gasteiger partial charge in [0, 0.05) is 24.7 Å². The Hall–Kier alpha value is -2.99. The Kier molecular flexibility index (Phi) is 7.25. The van der Waals surface area contributed by atoms with Gasteiger partial charge < -0.3 is 19.5 Å². The largest absolute Gasteiger partial charge is 0.504 e. The normalized spacial score (nSPS) is 10.6. The minimum absolute atomic E-state index is 0.00606. The number of hydrogen-bond acceptors (Lipinski definition) is 5. The number of rotatable bonds is 7. The summed E-state index contributed by atoms with van der Waals surface area (Å²) < 4.78 is 9.96. The summed E-state index contributed by atoms with van der Waals surface area (Å²) in [6, 6.07) is 11.8. The van der Waals surface area contributed by atoms with Gasteiger partial charge in [-0.15, -0.1) is 0 Å². The fourth-order valence-electron chi connectivity index (χ4n) is 2.21. The van der Waals surface area contributed by atoms with Crippen molar-refractivity contribution in [3.05, 3.63) is 64.7 Å². The van der Waals surface area contributed by atoms with Crippen molar-refractivity contribution >= 4 is 29.6 Å². The van der Waals surface area contributed by atoms with Crippen LogP contribution in [0, 0.1) is 0 Å². The van der Waals surface area contributed by atoms with Gasteiger partial charge in [-0.1, -0.05) is 29.8 Å². The number of likely N-dealkylation sites (N-methyl/N-ethyl adjacent to an activating group) is 1. The van der Waals surface area contributed by atoms with Gasteiger partial charge in [-0.2, -0.15) is 0 Å². The molecule has 0 saturated carbocycles. The molecule has 0 aliphatic carbocycles. The number of aromatic hydroxyl groups is 1. The predicted octanol–water partition coefficient (Wildman–Crippen LogP) is 3.27. The highest BCUT2D eigenvalue weighted by Crippen LogP contribution is 2.26. The molecule has 0 radical (unpaired) electrons. The number of halogens is 1. The minimum atomic E-state index is -0.643. The van der Waals surface area contributed by atoms with Gasteiger partial charge in [0.2, 0.25) is 0 Å². The lowest BCUT2D eigenvalue weighted by molar-refractivity contribution is -0.147. The van der Waals surface area contributed by atoms with E-state index in [2.05, 4.69) is 0 Å². The first-order valence-corrected chi connectivity index (χ1v) is 8.47. The van der Waals surface area contributed by atoms with Crippen molar-refractivity contribution in [1.29, 1.82) is 0 Å². The van der Waals surface area contributed by atoms with E-state index in [1.807, 2.05) is 12.1 Å². The van der Waals surface area contributed by atoms with E-state index in [-0.39, 0.29) is 18.3 Å². The quantitative estimate of drug-likeness (QED) is 0.581. The number of carbonyl (C=O) groups excluding carboxylic acids is 2. The summed E-state index contributed by atoms with van der Waals surface area (Å²) in [5.74, 6) is -0.663. The van der Waals surface area contributed by atoms with Crippen molar-refractivity contribution in [1.82, 2.24) is 4.90 Å². The molecule has 0 unspecified atom stereocenters. The third-order valence-corrected chi connectivity index (χ3v) is 3.96. The number of amides is 1. The van der Waals surface area contributed by atoms with Crippen LogP contribution in [0.15, 0.2) is 48.5 Å². The van der Waals surface area contributed by atoms with E-state index in [9.17, 15) is 14.7 Å². The molecule has 27 heavy (non-hydrogen) atoms. The first-order valence-electron chi connectivity index (χ1n) is 8.09. The summed E-state index contributed by atoms with van der Waals surface area (Å²) in [5, 5.41) is 10.2. The van der Waals surface area contributed by atoms with Crippen molar-refractivity contribution in [3.63, 3.8) is 0 Å². The molecule has 0 atom stereocenters. The molecule has 1 amide bonds. The van der Waals surface area contributed by atoms with Crippen LogP contribution in [-0.4, -0.2) is 42.6 Å². The van der Waals surface area contributed by atoms with Gasteiger partial charge in [-0.25, -0.2) is 4.79 Å². The molecule has 0 aliphatic rings. The van der Waals surface area contributed by atoms with E-state index in [1.54, 1.807) is 31.3 Å². The van der Waals surface area contributed by atoms with Crippen molar-refractivity contribution in [3.8, 4) is 11.5 Å². The van der Waals surface area contributed by atoms with Crippen molar-refractivity contribution in [2.45, 2.75) is 6.54 Å². The number of esters is 1. The van der Waals surface area contributed by atoms with Gasteiger partial charge in [0.05, 0.1) is 7.11 Å². The van der Waals surface area contributed by atoms with E-state index in [4.69, 9.17) is 21.1 Å². The van der Waals surface area contributed by atoms with E-state index < -0.39 is 5.97 Å². The van der Waals surface area contributed by atoms with Gasteiger partial charge in [0.15, 0.2) is 18.1 Å². The monoisotopic (exact) mass is 389 g/mol. The lowest BCUT2D eigenvalue weighted by Gasteiger charge is -2.17. The molecule has 7 heteroatoms. The average molecular weight is 390 g/mol. The SMILES string of the molecule is COc1cc(/C=C/C(=O)OCC(=O)N(C)Cc2ccc(Cl)cc2)ccc1O. The van der Waals surface area contributed by atoms with Crippen LogP contribution in [0.2, 0.25) is 5.02 Å². The Balaban J connectivity index is 1.83. The van der Waals surface area contributed by atoms with E-state index in [0.717, 1.165) is 5.56 Å². The average Bonchev–Trinajstić information content (AvgIpc) is 2.67. The number of methoxy groups -OCH3 is 1. The zero-order chi connectivity index (χ0) is 19.8. The van der Waals surface area contributed by atoms with Crippen LogP contribution in [-0.2, 0) is 20.9 Å². The van der Waals surface area contributed by atoms with Crippen LogP contribution in [0.4, 0.5) is 0 Å². The maximum Gasteiger partial charge on any atom is 0.331 e. The van der Waals surface area contributed by atoms with Crippen molar-refractivity contribution in [2.24, 2.45) is 0 Å². The second kappa shape index (κ2) is 9.64. The topological polar surface area (TPSA) is 76.1 Å². The lowest BCUT2D eigenvalue weighted by Crippen LogP contribution is -2.30. The van der Waals surface area contributed by atoms with Crippen LogP contribution < -0.4 is 4.74 Å². The Morgan fingerprint density at radius 1 is 1.19 bits per heavy atom. The number of benzene rings is 2. The number of ether oxygens (including phenoxy) is 2. The Morgan fingerprint density at radius 3 is 2.56 bits per heavy atom. The van der Waals surface area contributed by atoms with Gasteiger partial charge in [-0.3, -0.25) is 4.79 Å². The van der Waals surface area contributed by atoms with Crippen LogP contribution in [0.5, 0.6) is 11.5 Å². The summed E-state index contributed by atoms with van der Waals surface area (Å²) in [5.41, 5.74) is 1.57. The molecule has 2 rings (SSSR count). The lowest BCUT2D eigenvalue weighted by atomic mass is 10.2. The minimum Gasteiger partial charge on any atom is -0.504 e. The summed E-state index contributed by atoms with van der Waals surface area (Å²) in [7, 11) is 3.06. The van der Waals surface area contributed by atoms with Gasteiger partial charge in [-0.05, 0) is 41.5 Å². The van der Waals surface area contributed by atoms with Crippen LogP contribution in [0.3, 0.4) is 0 Å². The second-order valence-corrected chi connectivity index (χ2v) is 6.19. The second-order valence-electron chi connectivity index (χ2n) is 5.75. The molecule has 0 saturated heterocycles. The number of phenolic OH excluding ortho intramolecular Hbond substituents is 1. The molecule has 6 nitrogen and oxygen atoms in total. The molecular formula is C20H20ClNO5. The van der Waals surface area contributed by atoms with E-state index >= 15 is 0 Å². The maximum atomic E-state index is 12.1. The molecule has 0 bridgehead atoms. The Morgan fingerprint density at radius 2 is 1.89 bits per heavy atom. The molecule has 0 aromatic heterocycles. The van der Waals surface area contributed by atoms with Crippen molar-refractivity contribution < 1.29 is 24.2 Å². The molecule has 0 fully saturated rings. The highest BCUT2D eigenvalue weighted by molar-refractivity contribution is 6.30. The maximum absolute atomic E-state index is 12.1. The molecular weight excluding hydrogens is 370 g/mol. The summed E-state index contributed by atoms with van der Waals surface area (Å²) >= 11 is 5.83. The number of phenols is 1. The molecule has 0 aliphatic heterocycles. The summed E-state index contributed by atoms with van der Waals surface area (Å²) in [4.78, 5) is 25.3. The fourth-order valence-corrected chi connectivity index (χ4v) is 2.33. The number of nitrogens with zero attached hydrogens (tertiary/aromatic N) is 1. The van der Waals surface area contributed by atoms with Gasteiger partial charge in [0.1, 0.15) is 0 Å². The Bertz CT molecular complexity index is 833. The Labute approximate surface area is 162 Å². The zero-order valence-electron chi connectivity index (χ0n) is 15.0. The molecule has 2 aromatic rings. The molecule has 0 spiro atoms. The zero-order valence-corrected chi connectivity index (χ0v) is 15.8. The highest BCUT2D eigenvalue weighted by atomic mass is 35.5. The van der Waals surface area contributed by atoms with Crippen LogP contribution in [0.1, 0.15) is 11.1 Å². The smallest absolute Gasteiger partial charge is 0.331 e. The molecule has 2 aromatic carbocycles. The first kappa shape index (κ1) is 20.3. The molecule has 1 N–H and O–H groups in total. The van der Waals surface area contributed by atoms with E-state index in [1.165, 1.54) is 30.2 Å². The predicted molar refractivity (Wildman–Crippen MR) is 103 cm³/mol. The number of carbonyl (C=O) groups is 2. The molecule has 142 valence electrons. The van der Waals surface area contributed by atoms with Crippen LogP contribution >= 0.6 is 11.6 Å². The van der Waals surface area contributed by atoms with Crippen LogP contribution in [0.25, 0.3) is 6.08 Å². The highest BCUT2D eigenvalue weighted by Gasteiger charge is 2.11. The third kappa shape index (κ3) is 6.34. The van der Waals surface area contributed by atoms with Crippen molar-refractivity contribution in [2.75, 3.05) is 20.8 Å². The summed E-state index contributed by atoms with van der Waals surface area (Å²) in [6.07, 6.45) is 2.71. The van der Waals surface area contributed by atoms with Gasteiger partial charge in [0.25, 0.3) is 5.91 Å². The molecule has 0 heterocycles. The van der Waals surface area contributed by atoms with Gasteiger partial charge >= 0.3 is 5.97 Å². The first-order chi connectivity index (χ1) is 12.9. The number of hydrogen-bond donors (Lipinski definition) is 1. The standard InChI is InChI=1S/C20H20ClNO5/c1-22(12-15-3-7-16(21)8-4-15)19(24)13-27-20(25)10-6-14-5-9-17(23)18(11-14)26-2/h3-11,23H,12-13H2,1-2H3/b10-6+. The fraction of sp³-hybridized carbons (Fsp3) is 0.200.